The Balaban J connectivity index is 1.83. The van der Waals surface area contributed by atoms with E-state index in [1.54, 1.807) is 7.11 Å². The first kappa shape index (κ1) is 16.2. The summed E-state index contributed by atoms with van der Waals surface area (Å²) in [6.45, 7) is 8.29. The fourth-order valence-corrected chi connectivity index (χ4v) is 3.78. The van der Waals surface area contributed by atoms with Crippen LogP contribution in [0.25, 0.3) is 0 Å². The van der Waals surface area contributed by atoms with E-state index in [0.29, 0.717) is 6.04 Å². The molecule has 4 nitrogen and oxygen atoms in total. The molecule has 2 aliphatic rings. The summed E-state index contributed by atoms with van der Waals surface area (Å²) >= 11 is 0. The Kier molecular flexibility index (Phi) is 6.27. The van der Waals surface area contributed by atoms with Crippen molar-refractivity contribution in [2.45, 2.75) is 57.1 Å². The molecule has 2 fully saturated rings. The number of hydrogen-bond donors (Lipinski definition) is 1. The van der Waals surface area contributed by atoms with E-state index in [-0.39, 0.29) is 0 Å². The van der Waals surface area contributed by atoms with Gasteiger partial charge in [-0.05, 0) is 19.3 Å². The van der Waals surface area contributed by atoms with Gasteiger partial charge in [-0.3, -0.25) is 9.80 Å². The highest BCUT2D eigenvalue weighted by Crippen LogP contribution is 2.29. The average molecular weight is 284 g/mol. The zero-order valence-corrected chi connectivity index (χ0v) is 13.3. The Morgan fingerprint density at radius 3 is 2.60 bits per heavy atom. The van der Waals surface area contributed by atoms with Crippen LogP contribution in [-0.2, 0) is 4.74 Å². The smallest absolute Gasteiger partial charge is 0.0774 e. The normalized spacial score (nSPS) is 28.6. The van der Waals surface area contributed by atoms with Crippen LogP contribution in [0.1, 0.15) is 45.4 Å². The first-order valence-electron chi connectivity index (χ1n) is 8.34. The van der Waals surface area contributed by atoms with E-state index in [0.717, 1.165) is 52.2 Å². The average Bonchev–Trinajstić information content (AvgIpc) is 2.46. The largest absolute Gasteiger partial charge is 0.389 e. The van der Waals surface area contributed by atoms with Gasteiger partial charge in [0.05, 0.1) is 12.2 Å². The number of methoxy groups -OCH3 is 1. The van der Waals surface area contributed by atoms with Crippen molar-refractivity contribution in [1.82, 2.24) is 9.80 Å². The Bertz CT molecular complexity index is 280. The molecule has 1 saturated heterocycles. The molecule has 0 bridgehead atoms. The van der Waals surface area contributed by atoms with Crippen LogP contribution >= 0.6 is 0 Å². The molecular weight excluding hydrogens is 252 g/mol. The summed E-state index contributed by atoms with van der Waals surface area (Å²) in [5.41, 5.74) is -0.411. The lowest BCUT2D eigenvalue weighted by Crippen LogP contribution is -2.57. The molecule has 1 aliphatic carbocycles. The minimum absolute atomic E-state index is 0.411. The fraction of sp³-hybridized carbons (Fsp3) is 1.00. The highest BCUT2D eigenvalue weighted by Gasteiger charge is 2.34. The van der Waals surface area contributed by atoms with Crippen LogP contribution in [0.2, 0.25) is 0 Å². The van der Waals surface area contributed by atoms with Crippen molar-refractivity contribution in [3.05, 3.63) is 0 Å². The number of ether oxygens (including phenoxy) is 1. The maximum atomic E-state index is 10.7. The molecule has 0 unspecified atom stereocenters. The van der Waals surface area contributed by atoms with E-state index in [4.69, 9.17) is 4.74 Å². The molecule has 2 rings (SSSR count). The van der Waals surface area contributed by atoms with E-state index in [2.05, 4.69) is 16.7 Å². The van der Waals surface area contributed by atoms with Gasteiger partial charge in [0.2, 0.25) is 0 Å². The standard InChI is InChI=1S/C16H32N2O2/c1-3-15-13-17(9-10-18(15)11-12-20-2)14-16(19)7-5-4-6-8-16/h15,19H,3-14H2,1-2H3/t15-/m1/s1. The maximum absolute atomic E-state index is 10.7. The SMILES string of the molecule is CC[C@@H]1CN(CC2(O)CCCCC2)CCN1CCOC. The molecule has 20 heavy (non-hydrogen) atoms. The monoisotopic (exact) mass is 284 g/mol. The summed E-state index contributed by atoms with van der Waals surface area (Å²) in [5, 5.41) is 10.7. The third-order valence-corrected chi connectivity index (χ3v) is 5.04. The number of β-amino-alcohol motifs (C(OH)–C–C–N with tert-alkyl or cyclic N) is 1. The summed E-state index contributed by atoms with van der Waals surface area (Å²) in [6.07, 6.45) is 6.85. The van der Waals surface area contributed by atoms with Crippen molar-refractivity contribution >= 4 is 0 Å². The second-order valence-corrected chi connectivity index (χ2v) is 6.61. The Labute approximate surface area is 124 Å². The van der Waals surface area contributed by atoms with Crippen molar-refractivity contribution in [2.24, 2.45) is 0 Å². The molecule has 0 spiro atoms. The second kappa shape index (κ2) is 7.74. The van der Waals surface area contributed by atoms with Gasteiger partial charge in [0.15, 0.2) is 0 Å². The molecule has 1 heterocycles. The summed E-state index contributed by atoms with van der Waals surface area (Å²) < 4.78 is 5.21. The lowest BCUT2D eigenvalue weighted by atomic mass is 9.84. The van der Waals surface area contributed by atoms with Crippen molar-refractivity contribution in [3.63, 3.8) is 0 Å². The zero-order chi connectivity index (χ0) is 14.4. The van der Waals surface area contributed by atoms with E-state index in [1.807, 2.05) is 0 Å². The summed E-state index contributed by atoms with van der Waals surface area (Å²) in [6, 6.07) is 0.617. The van der Waals surface area contributed by atoms with Crippen LogP contribution in [0.3, 0.4) is 0 Å². The number of aliphatic hydroxyl groups is 1. The molecule has 0 aromatic carbocycles. The van der Waals surface area contributed by atoms with Crippen molar-refractivity contribution in [3.8, 4) is 0 Å². The van der Waals surface area contributed by atoms with Crippen molar-refractivity contribution in [1.29, 1.82) is 0 Å². The highest BCUT2D eigenvalue weighted by atomic mass is 16.5. The van der Waals surface area contributed by atoms with Gasteiger partial charge in [-0.1, -0.05) is 26.2 Å². The lowest BCUT2D eigenvalue weighted by Gasteiger charge is -2.44. The molecule has 1 N–H and O–H groups in total. The van der Waals surface area contributed by atoms with Gasteiger partial charge in [0, 0.05) is 45.9 Å². The third kappa shape index (κ3) is 4.42. The van der Waals surface area contributed by atoms with Crippen LogP contribution < -0.4 is 0 Å². The van der Waals surface area contributed by atoms with Gasteiger partial charge in [-0.2, -0.15) is 0 Å². The highest BCUT2D eigenvalue weighted by molar-refractivity contribution is 4.89. The van der Waals surface area contributed by atoms with E-state index in [9.17, 15) is 5.11 Å². The van der Waals surface area contributed by atoms with Crippen molar-refractivity contribution < 1.29 is 9.84 Å². The van der Waals surface area contributed by atoms with E-state index < -0.39 is 5.60 Å². The van der Waals surface area contributed by atoms with Gasteiger partial charge in [-0.25, -0.2) is 0 Å². The first-order chi connectivity index (χ1) is 9.67. The second-order valence-electron chi connectivity index (χ2n) is 6.61. The molecule has 1 saturated carbocycles. The van der Waals surface area contributed by atoms with Crippen LogP contribution in [0.15, 0.2) is 0 Å². The molecule has 118 valence electrons. The van der Waals surface area contributed by atoms with Crippen LogP contribution in [0.5, 0.6) is 0 Å². The number of nitrogens with zero attached hydrogens (tertiary/aromatic N) is 2. The molecule has 1 atom stereocenters. The number of rotatable bonds is 6. The molecule has 0 aromatic heterocycles. The molecule has 0 radical (unpaired) electrons. The Morgan fingerprint density at radius 2 is 1.95 bits per heavy atom. The van der Waals surface area contributed by atoms with Gasteiger partial charge in [-0.15, -0.1) is 0 Å². The van der Waals surface area contributed by atoms with Crippen LogP contribution in [0, 0.1) is 0 Å². The van der Waals surface area contributed by atoms with Crippen LogP contribution in [-0.4, -0.2) is 73.0 Å². The predicted octanol–water partition coefficient (Wildman–Crippen LogP) is 1.72. The first-order valence-corrected chi connectivity index (χ1v) is 8.34. The quantitative estimate of drug-likeness (QED) is 0.806. The number of piperazine rings is 1. The molecule has 0 amide bonds. The minimum Gasteiger partial charge on any atom is -0.389 e. The summed E-state index contributed by atoms with van der Waals surface area (Å²) in [5.74, 6) is 0. The maximum Gasteiger partial charge on any atom is 0.0774 e. The zero-order valence-electron chi connectivity index (χ0n) is 13.3. The van der Waals surface area contributed by atoms with Gasteiger partial charge >= 0.3 is 0 Å². The Hall–Kier alpha value is -0.160. The predicted molar refractivity (Wildman–Crippen MR) is 82.0 cm³/mol. The molecule has 1 aliphatic heterocycles. The Morgan fingerprint density at radius 1 is 1.20 bits per heavy atom. The minimum atomic E-state index is -0.411. The van der Waals surface area contributed by atoms with Gasteiger partial charge in [0.25, 0.3) is 0 Å². The van der Waals surface area contributed by atoms with Gasteiger partial charge < -0.3 is 9.84 Å². The topological polar surface area (TPSA) is 35.9 Å². The third-order valence-electron chi connectivity index (χ3n) is 5.04. The van der Waals surface area contributed by atoms with E-state index >= 15 is 0 Å². The van der Waals surface area contributed by atoms with Crippen LogP contribution in [0.4, 0.5) is 0 Å². The van der Waals surface area contributed by atoms with Gasteiger partial charge in [0.1, 0.15) is 0 Å². The fourth-order valence-electron chi connectivity index (χ4n) is 3.78. The summed E-state index contributed by atoms with van der Waals surface area (Å²) in [7, 11) is 1.77. The lowest BCUT2D eigenvalue weighted by molar-refractivity contribution is -0.0459. The van der Waals surface area contributed by atoms with Crippen molar-refractivity contribution in [2.75, 3.05) is 46.4 Å². The number of hydrogen-bond acceptors (Lipinski definition) is 4. The summed E-state index contributed by atoms with van der Waals surface area (Å²) in [4.78, 5) is 5.04. The molecule has 4 heteroatoms. The molecular formula is C16H32N2O2. The van der Waals surface area contributed by atoms with E-state index in [1.165, 1.54) is 25.7 Å². The molecule has 0 aromatic rings.